The Morgan fingerprint density at radius 3 is 2.08 bits per heavy atom. The third-order valence-corrected chi connectivity index (χ3v) is 4.29. The number of hydrogen-bond donors (Lipinski definition) is 0. The van der Waals surface area contributed by atoms with Crippen molar-refractivity contribution in [2.45, 2.75) is 48.2 Å². The molecular formula is C9H14Br2F2. The highest BCUT2D eigenvalue weighted by atomic mass is 79.9. The summed E-state index contributed by atoms with van der Waals surface area (Å²) in [5.41, 5.74) is 0. The van der Waals surface area contributed by atoms with Gasteiger partial charge in [0.15, 0.2) is 0 Å². The Morgan fingerprint density at radius 1 is 1.00 bits per heavy atom. The van der Waals surface area contributed by atoms with Crippen LogP contribution in [0.25, 0.3) is 0 Å². The molecule has 2 atom stereocenters. The molecule has 2 unspecified atom stereocenters. The Balaban J connectivity index is 2.56. The molecule has 0 heterocycles. The maximum absolute atomic E-state index is 13.1. The highest BCUT2D eigenvalue weighted by Gasteiger charge is 2.40. The summed E-state index contributed by atoms with van der Waals surface area (Å²) >= 11 is 5.84. The quantitative estimate of drug-likeness (QED) is 0.614. The fraction of sp³-hybridized carbons (Fsp3) is 1.00. The Bertz CT molecular complexity index is 156. The van der Waals surface area contributed by atoms with Crippen molar-refractivity contribution >= 4 is 31.9 Å². The van der Waals surface area contributed by atoms with Crippen LogP contribution in [0.5, 0.6) is 0 Å². The van der Waals surface area contributed by atoms with E-state index < -0.39 is 10.7 Å². The molecule has 4 heteroatoms. The van der Waals surface area contributed by atoms with Crippen LogP contribution in [0.3, 0.4) is 0 Å². The smallest absolute Gasteiger partial charge is 0.193 e. The van der Waals surface area contributed by atoms with Gasteiger partial charge in [0.2, 0.25) is 0 Å². The van der Waals surface area contributed by atoms with Gasteiger partial charge < -0.3 is 0 Å². The lowest BCUT2D eigenvalue weighted by atomic mass is 9.91. The van der Waals surface area contributed by atoms with Gasteiger partial charge in [0, 0.05) is 10.7 Å². The average molecular weight is 320 g/mol. The Labute approximate surface area is 94.7 Å². The monoisotopic (exact) mass is 318 g/mol. The van der Waals surface area contributed by atoms with E-state index in [1.807, 2.05) is 0 Å². The summed E-state index contributed by atoms with van der Waals surface area (Å²) in [6.07, 6.45) is 5.76. The number of rotatable bonds is 1. The Kier molecular flexibility index (Phi) is 4.63. The number of alkyl halides is 4. The molecule has 0 aromatic carbocycles. The molecule has 0 bridgehead atoms. The van der Waals surface area contributed by atoms with Gasteiger partial charge in [-0.2, -0.15) is 8.78 Å². The molecule has 13 heavy (non-hydrogen) atoms. The van der Waals surface area contributed by atoms with Gasteiger partial charge in [-0.15, -0.1) is 0 Å². The summed E-state index contributed by atoms with van der Waals surface area (Å²) < 4.78 is 26.1. The first-order valence-electron chi connectivity index (χ1n) is 4.72. The molecule has 0 nitrogen and oxygen atoms in total. The van der Waals surface area contributed by atoms with Crippen LogP contribution in [0.1, 0.15) is 38.5 Å². The first-order chi connectivity index (χ1) is 6.02. The molecule has 0 spiro atoms. The van der Waals surface area contributed by atoms with Crippen LogP contribution < -0.4 is 0 Å². The Hall–Kier alpha value is 0.820. The van der Waals surface area contributed by atoms with E-state index in [1.54, 1.807) is 0 Å². The van der Waals surface area contributed by atoms with Gasteiger partial charge in [-0.05, 0) is 28.8 Å². The van der Waals surface area contributed by atoms with Crippen LogP contribution in [-0.2, 0) is 0 Å². The SMILES string of the molecule is FC(F)(Br)C1CCCCCCC1Br. The van der Waals surface area contributed by atoms with Gasteiger partial charge in [0.25, 0.3) is 0 Å². The second kappa shape index (κ2) is 5.06. The van der Waals surface area contributed by atoms with Crippen molar-refractivity contribution in [3.05, 3.63) is 0 Å². The normalized spacial score (nSPS) is 32.3. The fourth-order valence-corrected chi connectivity index (χ4v) is 3.63. The van der Waals surface area contributed by atoms with Crippen molar-refractivity contribution in [2.24, 2.45) is 5.92 Å². The molecule has 0 aliphatic heterocycles. The van der Waals surface area contributed by atoms with Crippen LogP contribution in [0.15, 0.2) is 0 Å². The van der Waals surface area contributed by atoms with Gasteiger partial charge >= 0.3 is 4.83 Å². The largest absolute Gasteiger partial charge is 0.305 e. The summed E-state index contributed by atoms with van der Waals surface area (Å²) in [6.45, 7) is 0. The van der Waals surface area contributed by atoms with Crippen molar-refractivity contribution in [3.8, 4) is 0 Å². The molecule has 1 saturated carbocycles. The molecule has 0 saturated heterocycles. The second-order valence-electron chi connectivity index (χ2n) is 3.66. The van der Waals surface area contributed by atoms with E-state index in [-0.39, 0.29) is 4.83 Å². The standard InChI is InChI=1S/C9H14Br2F2/c10-8-6-4-2-1-3-5-7(8)9(11,12)13/h7-8H,1-6H2. The lowest BCUT2D eigenvalue weighted by Crippen LogP contribution is -2.30. The maximum Gasteiger partial charge on any atom is 0.305 e. The highest BCUT2D eigenvalue weighted by Crippen LogP contribution is 2.42. The molecular weight excluding hydrogens is 306 g/mol. The van der Waals surface area contributed by atoms with Gasteiger partial charge in [-0.25, -0.2) is 0 Å². The third-order valence-electron chi connectivity index (χ3n) is 2.60. The molecule has 0 N–H and O–H groups in total. The van der Waals surface area contributed by atoms with E-state index in [0.29, 0.717) is 6.42 Å². The molecule has 0 aromatic rings. The zero-order chi connectivity index (χ0) is 9.90. The van der Waals surface area contributed by atoms with E-state index in [0.717, 1.165) is 25.7 Å². The van der Waals surface area contributed by atoms with Gasteiger partial charge in [-0.3, -0.25) is 0 Å². The maximum atomic E-state index is 13.1. The van der Waals surface area contributed by atoms with E-state index in [1.165, 1.54) is 6.42 Å². The topological polar surface area (TPSA) is 0 Å². The molecule has 0 radical (unpaired) electrons. The summed E-state index contributed by atoms with van der Waals surface area (Å²) in [6, 6.07) is 0. The van der Waals surface area contributed by atoms with Crippen molar-refractivity contribution < 1.29 is 8.78 Å². The van der Waals surface area contributed by atoms with Gasteiger partial charge in [0.05, 0.1) is 0 Å². The predicted octanol–water partition coefficient (Wildman–Crippen LogP) is 4.71. The second-order valence-corrected chi connectivity index (χ2v) is 5.89. The van der Waals surface area contributed by atoms with E-state index >= 15 is 0 Å². The zero-order valence-corrected chi connectivity index (χ0v) is 10.6. The zero-order valence-electron chi connectivity index (χ0n) is 7.41. The van der Waals surface area contributed by atoms with Crippen molar-refractivity contribution in [1.29, 1.82) is 0 Å². The number of halogens is 4. The average Bonchev–Trinajstić information content (AvgIpc) is 1.94. The van der Waals surface area contributed by atoms with Crippen molar-refractivity contribution in [3.63, 3.8) is 0 Å². The summed E-state index contributed by atoms with van der Waals surface area (Å²) in [5.74, 6) is -0.548. The summed E-state index contributed by atoms with van der Waals surface area (Å²) in [4.78, 5) is -2.75. The van der Waals surface area contributed by atoms with Crippen LogP contribution in [0.2, 0.25) is 0 Å². The first-order valence-corrected chi connectivity index (χ1v) is 6.43. The molecule has 0 aromatic heterocycles. The predicted molar refractivity (Wildman–Crippen MR) is 57.8 cm³/mol. The van der Waals surface area contributed by atoms with Crippen LogP contribution in [-0.4, -0.2) is 9.66 Å². The molecule has 0 amide bonds. The Morgan fingerprint density at radius 2 is 1.54 bits per heavy atom. The first kappa shape index (κ1) is 11.9. The lowest BCUT2D eigenvalue weighted by molar-refractivity contribution is 0.0366. The van der Waals surface area contributed by atoms with E-state index in [9.17, 15) is 8.78 Å². The molecule has 1 aliphatic rings. The van der Waals surface area contributed by atoms with Crippen molar-refractivity contribution in [1.82, 2.24) is 0 Å². The van der Waals surface area contributed by atoms with E-state index in [2.05, 4.69) is 31.9 Å². The highest BCUT2D eigenvalue weighted by molar-refractivity contribution is 9.10. The third kappa shape index (κ3) is 3.82. The molecule has 1 rings (SSSR count). The summed E-state index contributed by atoms with van der Waals surface area (Å²) in [5, 5.41) is 0. The van der Waals surface area contributed by atoms with Gasteiger partial charge in [0.1, 0.15) is 0 Å². The fourth-order valence-electron chi connectivity index (χ4n) is 1.81. The van der Waals surface area contributed by atoms with Crippen LogP contribution in [0, 0.1) is 5.92 Å². The minimum absolute atomic E-state index is 0.0397. The van der Waals surface area contributed by atoms with E-state index in [4.69, 9.17) is 0 Å². The van der Waals surface area contributed by atoms with Crippen LogP contribution >= 0.6 is 31.9 Å². The minimum Gasteiger partial charge on any atom is -0.193 e. The van der Waals surface area contributed by atoms with Gasteiger partial charge in [-0.1, -0.05) is 41.6 Å². The van der Waals surface area contributed by atoms with Crippen molar-refractivity contribution in [2.75, 3.05) is 0 Å². The summed E-state index contributed by atoms with van der Waals surface area (Å²) in [7, 11) is 0. The molecule has 78 valence electrons. The van der Waals surface area contributed by atoms with Crippen LogP contribution in [0.4, 0.5) is 8.78 Å². The number of hydrogen-bond acceptors (Lipinski definition) is 0. The minimum atomic E-state index is -2.71. The molecule has 1 aliphatic carbocycles. The lowest BCUT2D eigenvalue weighted by Gasteiger charge is -2.28. The molecule has 1 fully saturated rings.